The van der Waals surface area contributed by atoms with Gasteiger partial charge in [0.2, 0.25) is 5.91 Å². The van der Waals surface area contributed by atoms with Crippen LogP contribution in [0.15, 0.2) is 58.5 Å². The summed E-state index contributed by atoms with van der Waals surface area (Å²) in [6.07, 6.45) is 3.14. The highest BCUT2D eigenvalue weighted by atomic mass is 35.5. The van der Waals surface area contributed by atoms with E-state index in [9.17, 15) is 18.5 Å². The Morgan fingerprint density at radius 2 is 1.89 bits per heavy atom. The Labute approximate surface area is 213 Å². The van der Waals surface area contributed by atoms with Gasteiger partial charge in [-0.05, 0) is 61.4 Å². The molecule has 0 atom stereocenters. The van der Waals surface area contributed by atoms with E-state index in [1.54, 1.807) is 6.07 Å². The minimum absolute atomic E-state index is 0.000802. The van der Waals surface area contributed by atoms with Crippen molar-refractivity contribution in [1.29, 1.82) is 5.26 Å². The lowest BCUT2D eigenvalue weighted by atomic mass is 10.2. The largest absolute Gasteiger partial charge is 0.326 e. The van der Waals surface area contributed by atoms with Crippen molar-refractivity contribution in [2.75, 3.05) is 15.8 Å². The summed E-state index contributed by atoms with van der Waals surface area (Å²) in [4.78, 5) is 16.9. The fourth-order valence-electron chi connectivity index (χ4n) is 2.92. The number of anilines is 2. The van der Waals surface area contributed by atoms with Crippen molar-refractivity contribution in [2.24, 2.45) is 0 Å². The lowest BCUT2D eigenvalue weighted by Gasteiger charge is -2.09. The molecule has 3 aromatic rings. The summed E-state index contributed by atoms with van der Waals surface area (Å²) in [6.45, 7) is 2.11. The highest BCUT2D eigenvalue weighted by Crippen LogP contribution is 2.23. The number of aromatic nitrogens is 3. The average molecular weight is 531 g/mol. The first-order valence-electron chi connectivity index (χ1n) is 10.8. The Hall–Kier alpha value is -3.20. The molecule has 0 fully saturated rings. The van der Waals surface area contributed by atoms with E-state index < -0.39 is 10.0 Å². The molecule has 2 heterocycles. The second-order valence-corrected chi connectivity index (χ2v) is 10.5. The van der Waals surface area contributed by atoms with Crippen molar-refractivity contribution in [3.05, 3.63) is 64.9 Å². The van der Waals surface area contributed by atoms with E-state index in [0.717, 1.165) is 25.0 Å². The van der Waals surface area contributed by atoms with Crippen molar-refractivity contribution in [1.82, 2.24) is 15.2 Å². The average Bonchev–Trinajstić information content (AvgIpc) is 2.84. The van der Waals surface area contributed by atoms with Gasteiger partial charge in [0.15, 0.2) is 11.0 Å². The van der Waals surface area contributed by atoms with E-state index in [-0.39, 0.29) is 28.2 Å². The molecule has 12 heteroatoms. The molecule has 9 nitrogen and oxygen atoms in total. The molecule has 2 N–H and O–H groups in total. The molecule has 0 spiro atoms. The second-order valence-electron chi connectivity index (χ2n) is 7.39. The number of amides is 1. The van der Waals surface area contributed by atoms with Crippen LogP contribution in [0.25, 0.3) is 0 Å². The summed E-state index contributed by atoms with van der Waals surface area (Å²) >= 11 is 7.02. The number of carbonyl (C=O) groups is 1. The van der Waals surface area contributed by atoms with Crippen LogP contribution in [0.1, 0.15) is 37.4 Å². The van der Waals surface area contributed by atoms with Crippen LogP contribution in [0, 0.1) is 11.3 Å². The fraction of sp³-hybridized carbons (Fsp3) is 0.261. The third kappa shape index (κ3) is 7.92. The topological polar surface area (TPSA) is 138 Å². The maximum absolute atomic E-state index is 12.5. The smallest absolute Gasteiger partial charge is 0.263 e. The molecule has 1 amide bonds. The summed E-state index contributed by atoms with van der Waals surface area (Å²) in [6, 6.07) is 14.3. The van der Waals surface area contributed by atoms with Crippen LogP contribution in [0.5, 0.6) is 0 Å². The SMILES string of the molecule is CCCCc1ccc(C#N)c(SCCC(=O)Nc2ccc(S(=O)(=O)Nc3ccc(Cl)nn3)cc2)n1. The number of rotatable bonds is 11. The van der Waals surface area contributed by atoms with Gasteiger partial charge in [-0.3, -0.25) is 9.52 Å². The summed E-state index contributed by atoms with van der Waals surface area (Å²) in [5.74, 6) is 0.251. The van der Waals surface area contributed by atoms with Crippen LogP contribution in [-0.4, -0.2) is 35.3 Å². The van der Waals surface area contributed by atoms with Gasteiger partial charge in [-0.1, -0.05) is 24.9 Å². The zero-order chi connectivity index (χ0) is 25.3. The predicted molar refractivity (Wildman–Crippen MR) is 136 cm³/mol. The van der Waals surface area contributed by atoms with E-state index in [2.05, 4.69) is 38.2 Å². The molecule has 0 bridgehead atoms. The molecule has 0 aliphatic rings. The maximum atomic E-state index is 12.5. The zero-order valence-electron chi connectivity index (χ0n) is 18.9. The van der Waals surface area contributed by atoms with E-state index >= 15 is 0 Å². The number of thioether (sulfide) groups is 1. The number of unbranched alkanes of at least 4 members (excludes halogenated alkanes) is 1. The van der Waals surface area contributed by atoms with Gasteiger partial charge in [0.05, 0.1) is 10.5 Å². The minimum Gasteiger partial charge on any atom is -0.326 e. The van der Waals surface area contributed by atoms with E-state index in [1.807, 2.05) is 6.07 Å². The minimum atomic E-state index is -3.88. The highest BCUT2D eigenvalue weighted by Gasteiger charge is 2.15. The first-order chi connectivity index (χ1) is 16.8. The standard InChI is InChI=1S/C23H23ClN6O3S2/c1-2-3-4-17-6-5-16(15-25)23(27-17)34-14-13-22(31)26-18-7-9-19(10-8-18)35(32,33)30-21-12-11-20(24)28-29-21/h5-12H,2-4,13-14H2,1H3,(H,26,31)(H,29,30). The Bertz CT molecular complexity index is 1310. The number of hydrogen-bond acceptors (Lipinski definition) is 8. The van der Waals surface area contributed by atoms with Gasteiger partial charge >= 0.3 is 0 Å². The number of pyridine rings is 1. The lowest BCUT2D eigenvalue weighted by Crippen LogP contribution is -2.15. The molecule has 0 radical (unpaired) electrons. The van der Waals surface area contributed by atoms with Gasteiger partial charge in [-0.25, -0.2) is 13.4 Å². The van der Waals surface area contributed by atoms with Crippen molar-refractivity contribution < 1.29 is 13.2 Å². The van der Waals surface area contributed by atoms with Crippen LogP contribution >= 0.6 is 23.4 Å². The van der Waals surface area contributed by atoms with Crippen molar-refractivity contribution in [3.63, 3.8) is 0 Å². The van der Waals surface area contributed by atoms with E-state index in [0.29, 0.717) is 22.0 Å². The molecular weight excluding hydrogens is 508 g/mol. The van der Waals surface area contributed by atoms with Crippen LogP contribution in [-0.2, 0) is 21.2 Å². The normalized spacial score (nSPS) is 11.0. The Morgan fingerprint density at radius 1 is 1.11 bits per heavy atom. The molecule has 35 heavy (non-hydrogen) atoms. The number of carbonyl (C=O) groups excluding carboxylic acids is 1. The van der Waals surface area contributed by atoms with Gasteiger partial charge in [0.25, 0.3) is 10.0 Å². The molecular formula is C23H23ClN6O3S2. The molecule has 0 saturated carbocycles. The Morgan fingerprint density at radius 3 is 2.54 bits per heavy atom. The molecule has 2 aromatic heterocycles. The molecule has 182 valence electrons. The maximum Gasteiger partial charge on any atom is 0.263 e. The predicted octanol–water partition coefficient (Wildman–Crippen LogP) is 4.66. The van der Waals surface area contributed by atoms with Crippen molar-refractivity contribution >= 4 is 50.8 Å². The number of sulfonamides is 1. The number of halogens is 1. The summed E-state index contributed by atoms with van der Waals surface area (Å²) in [5.41, 5.74) is 1.89. The number of nitrogens with zero attached hydrogens (tertiary/aromatic N) is 4. The first-order valence-corrected chi connectivity index (χ1v) is 13.6. The van der Waals surface area contributed by atoms with Gasteiger partial charge < -0.3 is 5.32 Å². The van der Waals surface area contributed by atoms with Gasteiger partial charge in [0, 0.05) is 23.6 Å². The monoisotopic (exact) mass is 530 g/mol. The van der Waals surface area contributed by atoms with E-state index in [1.165, 1.54) is 48.2 Å². The van der Waals surface area contributed by atoms with Crippen molar-refractivity contribution in [2.45, 2.75) is 42.5 Å². The first kappa shape index (κ1) is 26.4. The molecule has 1 aromatic carbocycles. The summed E-state index contributed by atoms with van der Waals surface area (Å²) in [7, 11) is -3.88. The molecule has 0 unspecified atom stereocenters. The number of nitrogens with one attached hydrogen (secondary N) is 2. The van der Waals surface area contributed by atoms with Crippen molar-refractivity contribution in [3.8, 4) is 6.07 Å². The zero-order valence-corrected chi connectivity index (χ0v) is 21.3. The number of benzene rings is 1. The molecule has 3 rings (SSSR count). The van der Waals surface area contributed by atoms with Crippen LogP contribution in [0.4, 0.5) is 11.5 Å². The van der Waals surface area contributed by atoms with E-state index in [4.69, 9.17) is 11.6 Å². The third-order valence-corrected chi connectivity index (χ3v) is 7.28. The van der Waals surface area contributed by atoms with Gasteiger partial charge in [-0.2, -0.15) is 5.26 Å². The summed E-state index contributed by atoms with van der Waals surface area (Å²) < 4.78 is 27.3. The van der Waals surface area contributed by atoms with Crippen LogP contribution in [0.3, 0.4) is 0 Å². The summed E-state index contributed by atoms with van der Waals surface area (Å²) in [5, 5.41) is 20.1. The van der Waals surface area contributed by atoms with Crippen LogP contribution in [0.2, 0.25) is 5.15 Å². The third-order valence-electron chi connectivity index (χ3n) is 4.71. The quantitative estimate of drug-likeness (QED) is 0.341. The highest BCUT2D eigenvalue weighted by molar-refractivity contribution is 7.99. The van der Waals surface area contributed by atoms with Crippen LogP contribution < -0.4 is 10.0 Å². The lowest BCUT2D eigenvalue weighted by molar-refractivity contribution is -0.115. The number of hydrogen-bond donors (Lipinski definition) is 2. The molecule has 0 aliphatic carbocycles. The van der Waals surface area contributed by atoms with Gasteiger partial charge in [-0.15, -0.1) is 22.0 Å². The molecule has 0 saturated heterocycles. The number of nitriles is 1. The van der Waals surface area contributed by atoms with Gasteiger partial charge in [0.1, 0.15) is 11.1 Å². The number of aryl methyl sites for hydroxylation is 1. The Balaban J connectivity index is 1.53. The second kappa shape index (κ2) is 12.5. The molecule has 0 aliphatic heterocycles. The Kier molecular flexibility index (Phi) is 9.42. The fourth-order valence-corrected chi connectivity index (χ4v) is 4.95.